The van der Waals surface area contributed by atoms with Crippen LogP contribution in [0.1, 0.15) is 39.5 Å². The predicted molar refractivity (Wildman–Crippen MR) is 75.9 cm³/mol. The Morgan fingerprint density at radius 1 is 1.16 bits per heavy atom. The fourth-order valence-corrected chi connectivity index (χ4v) is 2.84. The van der Waals surface area contributed by atoms with Gasteiger partial charge in [-0.1, -0.05) is 26.7 Å². The Morgan fingerprint density at radius 2 is 1.79 bits per heavy atom. The molecule has 19 heavy (non-hydrogen) atoms. The van der Waals surface area contributed by atoms with Gasteiger partial charge in [-0.2, -0.15) is 15.0 Å². The van der Waals surface area contributed by atoms with E-state index in [0.717, 1.165) is 13.1 Å². The molecule has 0 atom stereocenters. The summed E-state index contributed by atoms with van der Waals surface area (Å²) < 4.78 is 5.04. The van der Waals surface area contributed by atoms with Crippen molar-refractivity contribution in [3.63, 3.8) is 0 Å². The van der Waals surface area contributed by atoms with Gasteiger partial charge in [0.1, 0.15) is 0 Å². The van der Waals surface area contributed by atoms with E-state index in [4.69, 9.17) is 16.3 Å². The molecule has 5 nitrogen and oxygen atoms in total. The van der Waals surface area contributed by atoms with Crippen molar-refractivity contribution < 1.29 is 4.74 Å². The van der Waals surface area contributed by atoms with Crippen molar-refractivity contribution >= 4 is 17.5 Å². The second kappa shape index (κ2) is 5.90. The highest BCUT2D eigenvalue weighted by Gasteiger charge is 2.32. The summed E-state index contributed by atoms with van der Waals surface area (Å²) >= 11 is 5.89. The number of hydrogen-bond donors (Lipinski definition) is 0. The van der Waals surface area contributed by atoms with Crippen LogP contribution in [0.5, 0.6) is 6.01 Å². The molecule has 0 spiro atoms. The molecule has 1 aliphatic heterocycles. The number of halogens is 1. The van der Waals surface area contributed by atoms with Crippen molar-refractivity contribution in [2.24, 2.45) is 5.41 Å². The fraction of sp³-hybridized carbons (Fsp3) is 0.769. The van der Waals surface area contributed by atoms with E-state index < -0.39 is 0 Å². The number of aromatic nitrogens is 3. The van der Waals surface area contributed by atoms with E-state index in [1.54, 1.807) is 0 Å². The molecule has 1 fully saturated rings. The van der Waals surface area contributed by atoms with Crippen molar-refractivity contribution in [2.75, 3.05) is 25.1 Å². The lowest BCUT2D eigenvalue weighted by Crippen LogP contribution is -2.40. The molecule has 0 saturated carbocycles. The molecular weight excluding hydrogens is 264 g/mol. The smallest absolute Gasteiger partial charge is 0.322 e. The van der Waals surface area contributed by atoms with Crippen LogP contribution in [-0.4, -0.2) is 35.2 Å². The van der Waals surface area contributed by atoms with Crippen LogP contribution in [0.3, 0.4) is 0 Å². The Morgan fingerprint density at radius 3 is 2.32 bits per heavy atom. The Balaban J connectivity index is 2.11. The molecule has 0 radical (unpaired) electrons. The lowest BCUT2D eigenvalue weighted by Gasteiger charge is -2.40. The topological polar surface area (TPSA) is 51.1 Å². The van der Waals surface area contributed by atoms with Crippen molar-refractivity contribution in [3.05, 3.63) is 5.28 Å². The third kappa shape index (κ3) is 3.08. The van der Waals surface area contributed by atoms with Crippen LogP contribution in [0, 0.1) is 5.41 Å². The molecule has 0 N–H and O–H groups in total. The third-order valence-electron chi connectivity index (χ3n) is 4.37. The quantitative estimate of drug-likeness (QED) is 0.851. The Bertz CT molecular complexity index is 427. The third-order valence-corrected chi connectivity index (χ3v) is 4.53. The molecule has 1 aliphatic rings. The highest BCUT2D eigenvalue weighted by molar-refractivity contribution is 6.28. The van der Waals surface area contributed by atoms with Gasteiger partial charge in [-0.15, -0.1) is 0 Å². The zero-order valence-corrected chi connectivity index (χ0v) is 12.6. The van der Waals surface area contributed by atoms with Gasteiger partial charge in [0.2, 0.25) is 11.2 Å². The maximum atomic E-state index is 5.89. The summed E-state index contributed by atoms with van der Waals surface area (Å²) in [5.74, 6) is 0.623. The first kappa shape index (κ1) is 14.3. The minimum atomic E-state index is 0.185. The minimum absolute atomic E-state index is 0.185. The van der Waals surface area contributed by atoms with E-state index >= 15 is 0 Å². The van der Waals surface area contributed by atoms with Gasteiger partial charge in [0.05, 0.1) is 7.11 Å². The van der Waals surface area contributed by atoms with Gasteiger partial charge in [0, 0.05) is 13.1 Å². The first-order valence-corrected chi connectivity index (χ1v) is 7.21. The monoisotopic (exact) mass is 284 g/mol. The molecule has 1 aromatic rings. The molecule has 0 aromatic carbocycles. The van der Waals surface area contributed by atoms with Crippen LogP contribution in [0.15, 0.2) is 0 Å². The summed E-state index contributed by atoms with van der Waals surface area (Å²) in [6, 6.07) is 0.276. The highest BCUT2D eigenvalue weighted by atomic mass is 35.5. The number of hydrogen-bond acceptors (Lipinski definition) is 5. The summed E-state index contributed by atoms with van der Waals surface area (Å²) in [7, 11) is 1.53. The van der Waals surface area contributed by atoms with E-state index in [1.807, 2.05) is 0 Å². The second-order valence-electron chi connectivity index (χ2n) is 5.09. The zero-order chi connectivity index (χ0) is 13.9. The summed E-state index contributed by atoms with van der Waals surface area (Å²) in [4.78, 5) is 14.5. The van der Waals surface area contributed by atoms with Gasteiger partial charge in [-0.05, 0) is 29.9 Å². The van der Waals surface area contributed by atoms with E-state index in [9.17, 15) is 0 Å². The average Bonchev–Trinajstić information content (AvgIpc) is 2.46. The molecular formula is C13H21ClN4O. The number of anilines is 1. The van der Waals surface area contributed by atoms with Crippen molar-refractivity contribution in [1.29, 1.82) is 0 Å². The first-order chi connectivity index (χ1) is 9.12. The van der Waals surface area contributed by atoms with Crippen molar-refractivity contribution in [3.8, 4) is 6.01 Å². The maximum Gasteiger partial charge on any atom is 0.322 e. The van der Waals surface area contributed by atoms with Crippen molar-refractivity contribution in [2.45, 2.75) is 39.5 Å². The van der Waals surface area contributed by atoms with Gasteiger partial charge in [0.25, 0.3) is 0 Å². The summed E-state index contributed by atoms with van der Waals surface area (Å²) in [5.41, 5.74) is 0.484. The number of rotatable bonds is 4. The normalized spacial score (nSPS) is 18.4. The first-order valence-electron chi connectivity index (χ1n) is 6.83. The maximum absolute atomic E-state index is 5.89. The number of ether oxygens (including phenoxy) is 1. The minimum Gasteiger partial charge on any atom is -0.467 e. The van der Waals surface area contributed by atoms with Crippen LogP contribution in [-0.2, 0) is 0 Å². The van der Waals surface area contributed by atoms with Gasteiger partial charge in [0.15, 0.2) is 0 Å². The van der Waals surface area contributed by atoms with Gasteiger partial charge < -0.3 is 9.64 Å². The second-order valence-corrected chi connectivity index (χ2v) is 5.42. The highest BCUT2D eigenvalue weighted by Crippen LogP contribution is 2.38. The Labute approximate surface area is 119 Å². The predicted octanol–water partition coefficient (Wildman–Crippen LogP) is 2.94. The number of methoxy groups -OCH3 is 1. The van der Waals surface area contributed by atoms with E-state index in [1.165, 1.54) is 32.8 Å². The standard InChI is InChI=1S/C13H21ClN4O/c1-4-13(5-2)6-8-18(9-7-13)11-15-10(14)16-12(17-11)19-3/h4-9H2,1-3H3. The number of nitrogens with zero attached hydrogens (tertiary/aromatic N) is 4. The Kier molecular flexibility index (Phi) is 4.45. The molecule has 1 saturated heterocycles. The van der Waals surface area contributed by atoms with Gasteiger partial charge >= 0.3 is 6.01 Å². The van der Waals surface area contributed by atoms with Crippen LogP contribution in [0.2, 0.25) is 5.28 Å². The molecule has 1 aromatic heterocycles. The molecule has 0 bridgehead atoms. The fourth-order valence-electron chi connectivity index (χ4n) is 2.69. The molecule has 0 amide bonds. The lowest BCUT2D eigenvalue weighted by atomic mass is 9.74. The van der Waals surface area contributed by atoms with E-state index in [0.29, 0.717) is 11.4 Å². The lowest BCUT2D eigenvalue weighted by molar-refractivity contribution is 0.198. The summed E-state index contributed by atoms with van der Waals surface area (Å²) in [6.45, 7) is 6.49. The van der Waals surface area contributed by atoms with Gasteiger partial charge in [-0.25, -0.2) is 0 Å². The zero-order valence-electron chi connectivity index (χ0n) is 11.8. The molecule has 2 rings (SSSR count). The molecule has 0 aliphatic carbocycles. The van der Waals surface area contributed by atoms with Crippen LogP contribution < -0.4 is 9.64 Å². The van der Waals surface area contributed by atoms with E-state index in [2.05, 4.69) is 33.7 Å². The van der Waals surface area contributed by atoms with Gasteiger partial charge in [-0.3, -0.25) is 0 Å². The number of piperidine rings is 1. The molecule has 106 valence electrons. The van der Waals surface area contributed by atoms with E-state index in [-0.39, 0.29) is 11.3 Å². The van der Waals surface area contributed by atoms with Crippen LogP contribution in [0.4, 0.5) is 5.95 Å². The molecule has 2 heterocycles. The SMILES string of the molecule is CCC1(CC)CCN(c2nc(Cl)nc(OC)n2)CC1. The largest absolute Gasteiger partial charge is 0.467 e. The summed E-state index contributed by atoms with van der Waals surface area (Å²) in [5, 5.41) is 0.185. The molecule has 0 unspecified atom stereocenters. The molecule has 6 heteroatoms. The van der Waals surface area contributed by atoms with Crippen LogP contribution in [0.25, 0.3) is 0 Å². The summed E-state index contributed by atoms with van der Waals surface area (Å²) in [6.07, 6.45) is 4.81. The Hall–Kier alpha value is -1.10. The van der Waals surface area contributed by atoms with Crippen molar-refractivity contribution in [1.82, 2.24) is 15.0 Å². The van der Waals surface area contributed by atoms with Crippen LogP contribution >= 0.6 is 11.6 Å². The average molecular weight is 285 g/mol.